The Hall–Kier alpha value is -1.55. The molecule has 0 unspecified atom stereocenters. The predicted octanol–water partition coefficient (Wildman–Crippen LogP) is 1.90. The molecule has 0 aliphatic carbocycles. The summed E-state index contributed by atoms with van der Waals surface area (Å²) in [4.78, 5) is 24.1. The van der Waals surface area contributed by atoms with Gasteiger partial charge in [-0.3, -0.25) is 9.59 Å². The van der Waals surface area contributed by atoms with Crippen molar-refractivity contribution in [1.29, 1.82) is 0 Å². The molecule has 5 heteroatoms. The van der Waals surface area contributed by atoms with Gasteiger partial charge in [0.15, 0.2) is 0 Å². The number of halogens is 1. The zero-order valence-electron chi connectivity index (χ0n) is 10.5. The first-order valence-electron chi connectivity index (χ1n) is 5.58. The first-order valence-corrected chi connectivity index (χ1v) is 5.96. The fraction of sp³-hybridized carbons (Fsp3) is 0.385. The maximum atomic E-state index is 11.8. The molecule has 18 heavy (non-hydrogen) atoms. The quantitative estimate of drug-likeness (QED) is 0.767. The molecule has 1 rings (SSSR count). The minimum Gasteiger partial charge on any atom is -0.468 e. The number of amides is 1. The number of hydrogen-bond acceptors (Lipinski definition) is 3. The monoisotopic (exact) mass is 269 g/mol. The Balaban J connectivity index is 2.46. The molecule has 0 saturated heterocycles. The summed E-state index contributed by atoms with van der Waals surface area (Å²) < 4.78 is 4.50. The summed E-state index contributed by atoms with van der Waals surface area (Å²) in [6.07, 6.45) is 0.876. The standard InChI is InChI=1S/C13H16ClNO3/c1-15(9-13(17)18-2)12(16)8-7-10-5-3-4-6-11(10)14/h3-6H,7-9H2,1-2H3. The second kappa shape index (κ2) is 7.01. The van der Waals surface area contributed by atoms with Crippen LogP contribution in [-0.4, -0.2) is 37.5 Å². The van der Waals surface area contributed by atoms with Gasteiger partial charge in [-0.2, -0.15) is 0 Å². The number of hydrogen-bond donors (Lipinski definition) is 0. The summed E-state index contributed by atoms with van der Waals surface area (Å²) in [6.45, 7) is -0.0299. The summed E-state index contributed by atoms with van der Waals surface area (Å²) in [7, 11) is 2.87. The molecule has 0 aliphatic rings. The van der Waals surface area contributed by atoms with Crippen molar-refractivity contribution in [3.05, 3.63) is 34.9 Å². The second-order valence-corrected chi connectivity index (χ2v) is 4.32. The van der Waals surface area contributed by atoms with Gasteiger partial charge in [0.2, 0.25) is 5.91 Å². The largest absolute Gasteiger partial charge is 0.468 e. The molecule has 1 amide bonds. The molecule has 0 spiro atoms. The van der Waals surface area contributed by atoms with Gasteiger partial charge >= 0.3 is 5.97 Å². The lowest BCUT2D eigenvalue weighted by Crippen LogP contribution is -2.32. The molecule has 0 saturated carbocycles. The predicted molar refractivity (Wildman–Crippen MR) is 69.4 cm³/mol. The van der Waals surface area contributed by atoms with Crippen LogP contribution >= 0.6 is 11.6 Å². The average Bonchev–Trinajstić information content (AvgIpc) is 2.37. The maximum absolute atomic E-state index is 11.8. The Kier molecular flexibility index (Phi) is 5.65. The SMILES string of the molecule is COC(=O)CN(C)C(=O)CCc1ccccc1Cl. The van der Waals surface area contributed by atoms with Gasteiger partial charge in [0, 0.05) is 18.5 Å². The zero-order valence-corrected chi connectivity index (χ0v) is 11.2. The van der Waals surface area contributed by atoms with E-state index in [0.717, 1.165) is 5.56 Å². The molecule has 0 atom stereocenters. The number of methoxy groups -OCH3 is 1. The Morgan fingerprint density at radius 3 is 2.61 bits per heavy atom. The summed E-state index contributed by atoms with van der Waals surface area (Å²) >= 11 is 6.00. The van der Waals surface area contributed by atoms with Crippen LogP contribution in [0.5, 0.6) is 0 Å². The fourth-order valence-corrected chi connectivity index (χ4v) is 1.71. The zero-order chi connectivity index (χ0) is 13.5. The molecule has 0 aromatic heterocycles. The normalized spacial score (nSPS) is 9.94. The van der Waals surface area contributed by atoms with Crippen molar-refractivity contribution in [3.63, 3.8) is 0 Å². The lowest BCUT2D eigenvalue weighted by Gasteiger charge is -2.15. The van der Waals surface area contributed by atoms with E-state index in [2.05, 4.69) is 4.74 Å². The number of ether oxygens (including phenoxy) is 1. The summed E-state index contributed by atoms with van der Waals surface area (Å²) in [6, 6.07) is 7.40. The highest BCUT2D eigenvalue weighted by atomic mass is 35.5. The van der Waals surface area contributed by atoms with E-state index >= 15 is 0 Å². The summed E-state index contributed by atoms with van der Waals surface area (Å²) in [5, 5.41) is 0.654. The Morgan fingerprint density at radius 1 is 1.33 bits per heavy atom. The van der Waals surface area contributed by atoms with Crippen LogP contribution in [0.3, 0.4) is 0 Å². The molecular weight excluding hydrogens is 254 g/mol. The van der Waals surface area contributed by atoms with Crippen molar-refractivity contribution in [2.24, 2.45) is 0 Å². The third kappa shape index (κ3) is 4.37. The van der Waals surface area contributed by atoms with Gasteiger partial charge in [-0.25, -0.2) is 0 Å². The van der Waals surface area contributed by atoms with Gasteiger partial charge < -0.3 is 9.64 Å². The molecule has 98 valence electrons. The van der Waals surface area contributed by atoms with E-state index in [4.69, 9.17) is 11.6 Å². The fourth-order valence-electron chi connectivity index (χ4n) is 1.48. The van der Waals surface area contributed by atoms with Crippen molar-refractivity contribution < 1.29 is 14.3 Å². The van der Waals surface area contributed by atoms with Crippen LogP contribution in [0.25, 0.3) is 0 Å². The van der Waals surface area contributed by atoms with Crippen molar-refractivity contribution in [2.45, 2.75) is 12.8 Å². The van der Waals surface area contributed by atoms with E-state index in [0.29, 0.717) is 17.9 Å². The highest BCUT2D eigenvalue weighted by Crippen LogP contribution is 2.16. The van der Waals surface area contributed by atoms with Crippen LogP contribution in [0.4, 0.5) is 0 Å². The van der Waals surface area contributed by atoms with E-state index in [1.165, 1.54) is 12.0 Å². The van der Waals surface area contributed by atoms with E-state index in [1.54, 1.807) is 13.1 Å². The number of carbonyl (C=O) groups excluding carboxylic acids is 2. The number of aryl methyl sites for hydroxylation is 1. The van der Waals surface area contributed by atoms with Crippen LogP contribution in [0.15, 0.2) is 24.3 Å². The van der Waals surface area contributed by atoms with E-state index in [9.17, 15) is 9.59 Å². The number of benzene rings is 1. The van der Waals surface area contributed by atoms with Crippen LogP contribution in [-0.2, 0) is 20.7 Å². The van der Waals surface area contributed by atoms with E-state index in [1.807, 2.05) is 18.2 Å². The molecular formula is C13H16ClNO3. The maximum Gasteiger partial charge on any atom is 0.325 e. The third-order valence-electron chi connectivity index (χ3n) is 2.59. The van der Waals surface area contributed by atoms with Crippen LogP contribution in [0.2, 0.25) is 5.02 Å². The average molecular weight is 270 g/mol. The minimum atomic E-state index is -0.427. The molecule has 0 fully saturated rings. The number of carbonyl (C=O) groups is 2. The summed E-state index contributed by atoms with van der Waals surface area (Å²) in [5.74, 6) is -0.538. The molecule has 0 N–H and O–H groups in total. The van der Waals surface area contributed by atoms with Gasteiger partial charge in [-0.1, -0.05) is 29.8 Å². The van der Waals surface area contributed by atoms with Crippen LogP contribution in [0, 0.1) is 0 Å². The number of nitrogens with zero attached hydrogens (tertiary/aromatic N) is 1. The lowest BCUT2D eigenvalue weighted by atomic mass is 10.1. The molecule has 1 aromatic carbocycles. The molecule has 0 bridgehead atoms. The van der Waals surface area contributed by atoms with E-state index in [-0.39, 0.29) is 12.5 Å². The minimum absolute atomic E-state index is 0.0299. The second-order valence-electron chi connectivity index (χ2n) is 3.92. The van der Waals surface area contributed by atoms with Gasteiger partial charge in [0.1, 0.15) is 6.54 Å². The van der Waals surface area contributed by atoms with Crippen LogP contribution < -0.4 is 0 Å². The highest BCUT2D eigenvalue weighted by molar-refractivity contribution is 6.31. The number of likely N-dealkylation sites (N-methyl/N-ethyl adjacent to an activating group) is 1. The van der Waals surface area contributed by atoms with E-state index < -0.39 is 5.97 Å². The third-order valence-corrected chi connectivity index (χ3v) is 2.95. The van der Waals surface area contributed by atoms with Crippen molar-refractivity contribution in [2.75, 3.05) is 20.7 Å². The first kappa shape index (κ1) is 14.5. The first-order chi connectivity index (χ1) is 8.54. The van der Waals surface area contributed by atoms with Gasteiger partial charge in [0.05, 0.1) is 7.11 Å². The highest BCUT2D eigenvalue weighted by Gasteiger charge is 2.13. The van der Waals surface area contributed by atoms with Gasteiger partial charge in [-0.05, 0) is 18.1 Å². The molecule has 0 heterocycles. The smallest absolute Gasteiger partial charge is 0.325 e. The summed E-state index contributed by atoms with van der Waals surface area (Å²) in [5.41, 5.74) is 0.930. The number of esters is 1. The van der Waals surface area contributed by atoms with Gasteiger partial charge in [-0.15, -0.1) is 0 Å². The van der Waals surface area contributed by atoms with Crippen molar-refractivity contribution >= 4 is 23.5 Å². The number of rotatable bonds is 5. The van der Waals surface area contributed by atoms with Crippen molar-refractivity contribution in [1.82, 2.24) is 4.90 Å². The topological polar surface area (TPSA) is 46.6 Å². The molecule has 0 aliphatic heterocycles. The molecule has 4 nitrogen and oxygen atoms in total. The van der Waals surface area contributed by atoms with Crippen LogP contribution in [0.1, 0.15) is 12.0 Å². The molecule has 1 aromatic rings. The Bertz CT molecular complexity index is 434. The Labute approximate surface area is 111 Å². The Morgan fingerprint density at radius 2 is 2.00 bits per heavy atom. The molecule has 0 radical (unpaired) electrons. The lowest BCUT2D eigenvalue weighted by molar-refractivity contribution is -0.146. The van der Waals surface area contributed by atoms with Gasteiger partial charge in [0.25, 0.3) is 0 Å². The van der Waals surface area contributed by atoms with Crippen molar-refractivity contribution in [3.8, 4) is 0 Å².